The van der Waals surface area contributed by atoms with Crippen LogP contribution in [0.3, 0.4) is 0 Å². The number of rotatable bonds is 5. The molecule has 3 aromatic rings. The number of benzene rings is 3. The predicted octanol–water partition coefficient (Wildman–Crippen LogP) is 4.33. The number of nitrogens with zero attached hydrogens (tertiary/aromatic N) is 2. The molecule has 0 N–H and O–H groups in total. The second kappa shape index (κ2) is 7.84. The Balaban J connectivity index is 1.74. The van der Waals surface area contributed by atoms with Crippen molar-refractivity contribution in [2.45, 2.75) is 24.9 Å². The number of methoxy groups -OCH3 is 1. The zero-order chi connectivity index (χ0) is 21.3. The van der Waals surface area contributed by atoms with E-state index in [0.29, 0.717) is 17.0 Å². The van der Waals surface area contributed by atoms with Gasteiger partial charge >= 0.3 is 6.03 Å². The number of sulfonamides is 1. The van der Waals surface area contributed by atoms with Crippen molar-refractivity contribution in [2.75, 3.05) is 12.0 Å². The van der Waals surface area contributed by atoms with Gasteiger partial charge in [0.1, 0.15) is 10.6 Å². The van der Waals surface area contributed by atoms with E-state index >= 15 is 0 Å². The third-order valence-corrected chi connectivity index (χ3v) is 6.84. The van der Waals surface area contributed by atoms with Crippen LogP contribution < -0.4 is 9.64 Å². The van der Waals surface area contributed by atoms with Crippen molar-refractivity contribution in [1.82, 2.24) is 4.31 Å². The molecule has 0 saturated carbocycles. The van der Waals surface area contributed by atoms with Gasteiger partial charge in [-0.1, -0.05) is 54.1 Å². The first kappa shape index (κ1) is 20.0. The van der Waals surface area contributed by atoms with Crippen molar-refractivity contribution < 1.29 is 17.9 Å². The third kappa shape index (κ3) is 3.64. The lowest BCUT2D eigenvalue weighted by atomic mass is 10.1. The quantitative estimate of drug-likeness (QED) is 0.614. The lowest BCUT2D eigenvalue weighted by Crippen LogP contribution is -2.49. The van der Waals surface area contributed by atoms with Crippen molar-refractivity contribution in [3.05, 3.63) is 89.5 Å². The van der Waals surface area contributed by atoms with Gasteiger partial charge in [0.05, 0.1) is 25.9 Å². The number of aryl methyl sites for hydroxylation is 1. The number of carbonyl (C=O) groups is 1. The van der Waals surface area contributed by atoms with Crippen LogP contribution >= 0.6 is 0 Å². The lowest BCUT2D eigenvalue weighted by molar-refractivity contribution is 0.226. The summed E-state index contributed by atoms with van der Waals surface area (Å²) in [5.41, 5.74) is 3.10. The zero-order valence-electron chi connectivity index (χ0n) is 16.8. The van der Waals surface area contributed by atoms with Gasteiger partial charge in [-0.2, -0.15) is 0 Å². The summed E-state index contributed by atoms with van der Waals surface area (Å²) in [5, 5.41) is 0. The van der Waals surface area contributed by atoms with E-state index < -0.39 is 16.1 Å². The monoisotopic (exact) mass is 422 g/mol. The van der Waals surface area contributed by atoms with E-state index in [1.165, 1.54) is 4.90 Å². The molecule has 30 heavy (non-hydrogen) atoms. The summed E-state index contributed by atoms with van der Waals surface area (Å²) >= 11 is 0. The summed E-state index contributed by atoms with van der Waals surface area (Å²) in [4.78, 5) is 15.0. The largest absolute Gasteiger partial charge is 0.497 e. The predicted molar refractivity (Wildman–Crippen MR) is 115 cm³/mol. The van der Waals surface area contributed by atoms with Gasteiger partial charge in [-0.05, 0) is 42.3 Å². The molecule has 0 aromatic heterocycles. The first-order valence-electron chi connectivity index (χ1n) is 9.52. The Labute approximate surface area is 176 Å². The fourth-order valence-corrected chi connectivity index (χ4v) is 5.11. The molecule has 0 unspecified atom stereocenters. The summed E-state index contributed by atoms with van der Waals surface area (Å²) in [5.74, 6) is 0.665. The lowest BCUT2D eigenvalue weighted by Gasteiger charge is -2.36. The van der Waals surface area contributed by atoms with E-state index in [9.17, 15) is 13.2 Å². The van der Waals surface area contributed by atoms with Crippen molar-refractivity contribution in [3.8, 4) is 5.75 Å². The number of anilines is 1. The SMILES string of the molecule is COc1ccc(CN2C(=O)N(Cc3cccc(C)c3)c3ccccc3S2(=O)=O)cc1. The first-order valence-corrected chi connectivity index (χ1v) is 11.0. The van der Waals surface area contributed by atoms with Crippen LogP contribution in [0.25, 0.3) is 0 Å². The Morgan fingerprint density at radius 3 is 2.30 bits per heavy atom. The molecule has 0 atom stereocenters. The van der Waals surface area contributed by atoms with Crippen LogP contribution in [0.2, 0.25) is 0 Å². The Kier molecular flexibility index (Phi) is 5.22. The van der Waals surface area contributed by atoms with Gasteiger partial charge in [0.15, 0.2) is 0 Å². The minimum absolute atomic E-state index is 0.0518. The maximum Gasteiger partial charge on any atom is 0.339 e. The first-order chi connectivity index (χ1) is 14.4. The Bertz CT molecular complexity index is 1190. The molecule has 4 rings (SSSR count). The van der Waals surface area contributed by atoms with Crippen LogP contribution in [0.15, 0.2) is 77.7 Å². The molecule has 1 aliphatic rings. The van der Waals surface area contributed by atoms with Gasteiger partial charge in [-0.15, -0.1) is 0 Å². The molecular formula is C23H22N2O4S. The highest BCUT2D eigenvalue weighted by molar-refractivity contribution is 7.90. The summed E-state index contributed by atoms with van der Waals surface area (Å²) < 4.78 is 32.6. The zero-order valence-corrected chi connectivity index (χ0v) is 17.6. The van der Waals surface area contributed by atoms with Crippen molar-refractivity contribution >= 4 is 21.7 Å². The molecule has 0 spiro atoms. The molecule has 0 aliphatic carbocycles. The summed E-state index contributed by atoms with van der Waals surface area (Å²) in [6.45, 7) is 2.21. The molecule has 0 bridgehead atoms. The van der Waals surface area contributed by atoms with Gasteiger partial charge in [-0.25, -0.2) is 17.5 Å². The van der Waals surface area contributed by atoms with Crippen LogP contribution in [-0.2, 0) is 23.1 Å². The summed E-state index contributed by atoms with van der Waals surface area (Å²) in [6, 6.07) is 20.9. The standard InChI is InChI=1S/C23H22N2O4S/c1-17-6-5-7-19(14-17)15-24-21-8-3-4-9-22(21)30(27,28)25(23(24)26)16-18-10-12-20(29-2)13-11-18/h3-14H,15-16H2,1-2H3. The molecule has 0 radical (unpaired) electrons. The van der Waals surface area contributed by atoms with E-state index in [0.717, 1.165) is 15.4 Å². The second-order valence-corrected chi connectivity index (χ2v) is 9.02. The van der Waals surface area contributed by atoms with Crippen molar-refractivity contribution in [3.63, 3.8) is 0 Å². The van der Waals surface area contributed by atoms with E-state index in [1.54, 1.807) is 55.6 Å². The van der Waals surface area contributed by atoms with E-state index in [4.69, 9.17) is 4.74 Å². The van der Waals surface area contributed by atoms with E-state index in [-0.39, 0.29) is 18.0 Å². The van der Waals surface area contributed by atoms with Crippen LogP contribution in [0.4, 0.5) is 10.5 Å². The average molecular weight is 423 g/mol. The van der Waals surface area contributed by atoms with Crippen LogP contribution in [0, 0.1) is 6.92 Å². The van der Waals surface area contributed by atoms with Gasteiger partial charge in [0.25, 0.3) is 10.0 Å². The van der Waals surface area contributed by atoms with Gasteiger partial charge in [0.2, 0.25) is 0 Å². The van der Waals surface area contributed by atoms with Gasteiger partial charge < -0.3 is 4.74 Å². The highest BCUT2D eigenvalue weighted by Gasteiger charge is 2.41. The van der Waals surface area contributed by atoms with Crippen LogP contribution in [0.1, 0.15) is 16.7 Å². The number of carbonyl (C=O) groups excluding carboxylic acids is 1. The fourth-order valence-electron chi connectivity index (χ4n) is 3.55. The molecule has 6 nitrogen and oxygen atoms in total. The third-order valence-electron chi connectivity index (χ3n) is 5.08. The number of amides is 2. The molecule has 7 heteroatoms. The maximum atomic E-state index is 13.4. The van der Waals surface area contributed by atoms with Crippen molar-refractivity contribution in [2.24, 2.45) is 0 Å². The van der Waals surface area contributed by atoms with Crippen LogP contribution in [0.5, 0.6) is 5.75 Å². The fraction of sp³-hybridized carbons (Fsp3) is 0.174. The number of hydrogen-bond donors (Lipinski definition) is 0. The number of ether oxygens (including phenoxy) is 1. The van der Waals surface area contributed by atoms with Crippen molar-refractivity contribution in [1.29, 1.82) is 0 Å². The Hall–Kier alpha value is -3.32. The summed E-state index contributed by atoms with van der Waals surface area (Å²) in [7, 11) is -2.41. The molecule has 0 fully saturated rings. The highest BCUT2D eigenvalue weighted by Crippen LogP contribution is 2.36. The number of urea groups is 1. The number of para-hydroxylation sites is 1. The molecule has 3 aromatic carbocycles. The number of fused-ring (bicyclic) bond motifs is 1. The maximum absolute atomic E-state index is 13.4. The Morgan fingerprint density at radius 2 is 1.60 bits per heavy atom. The Morgan fingerprint density at radius 1 is 0.867 bits per heavy atom. The molecule has 1 aliphatic heterocycles. The minimum atomic E-state index is -3.97. The van der Waals surface area contributed by atoms with Gasteiger partial charge in [-0.3, -0.25) is 4.90 Å². The topological polar surface area (TPSA) is 66.9 Å². The second-order valence-electron chi connectivity index (χ2n) is 7.19. The summed E-state index contributed by atoms with van der Waals surface area (Å²) in [6.07, 6.45) is 0. The highest BCUT2D eigenvalue weighted by atomic mass is 32.2. The molecule has 154 valence electrons. The minimum Gasteiger partial charge on any atom is -0.497 e. The van der Waals surface area contributed by atoms with E-state index in [1.807, 2.05) is 31.2 Å². The molecule has 0 saturated heterocycles. The van der Waals surface area contributed by atoms with Gasteiger partial charge in [0, 0.05) is 0 Å². The van der Waals surface area contributed by atoms with E-state index in [2.05, 4.69) is 0 Å². The molecule has 2 amide bonds. The smallest absolute Gasteiger partial charge is 0.339 e. The average Bonchev–Trinajstić information content (AvgIpc) is 2.75. The number of hydrogen-bond acceptors (Lipinski definition) is 4. The molecular weight excluding hydrogens is 400 g/mol. The molecule has 1 heterocycles. The normalized spacial score (nSPS) is 15.1. The van der Waals surface area contributed by atoms with Crippen LogP contribution in [-0.4, -0.2) is 25.9 Å².